The van der Waals surface area contributed by atoms with Crippen LogP contribution >= 0.6 is 34.5 Å². The zero-order valence-corrected chi connectivity index (χ0v) is 19.9. The minimum atomic E-state index is 0.0776. The Labute approximate surface area is 201 Å². The van der Waals surface area contributed by atoms with Crippen LogP contribution in [0.2, 0.25) is 10.0 Å². The van der Waals surface area contributed by atoms with Gasteiger partial charge in [0.1, 0.15) is 0 Å². The van der Waals surface area contributed by atoms with Crippen molar-refractivity contribution in [1.29, 1.82) is 0 Å². The van der Waals surface area contributed by atoms with Gasteiger partial charge in [0, 0.05) is 38.5 Å². The maximum atomic E-state index is 12.9. The molecule has 3 heterocycles. The molecule has 2 aliphatic rings. The molecule has 5 rings (SSSR count). The minimum Gasteiger partial charge on any atom is -0.340 e. The van der Waals surface area contributed by atoms with Gasteiger partial charge in [0.05, 0.1) is 14.9 Å². The number of hydrogen-bond donors (Lipinski definition) is 0. The zero-order valence-electron chi connectivity index (χ0n) is 17.5. The molecule has 1 saturated carbocycles. The second-order valence-corrected chi connectivity index (χ2v) is 10.1. The summed E-state index contributed by atoms with van der Waals surface area (Å²) >= 11 is 13.8. The maximum absolute atomic E-state index is 12.9. The van der Waals surface area contributed by atoms with Crippen molar-refractivity contribution in [3.63, 3.8) is 0 Å². The molecule has 0 N–H and O–H groups in total. The minimum absolute atomic E-state index is 0.0776. The summed E-state index contributed by atoms with van der Waals surface area (Å²) < 4.78 is 5.38. The van der Waals surface area contributed by atoms with Crippen LogP contribution in [0.1, 0.15) is 30.2 Å². The van der Waals surface area contributed by atoms with Crippen molar-refractivity contribution in [3.8, 4) is 10.7 Å². The Morgan fingerprint density at radius 1 is 1.16 bits per heavy atom. The first-order valence-electron chi connectivity index (χ1n) is 10.9. The molecule has 168 valence electrons. The van der Waals surface area contributed by atoms with Crippen molar-refractivity contribution in [2.24, 2.45) is 5.92 Å². The number of piperazine rings is 1. The van der Waals surface area contributed by atoms with E-state index in [1.807, 2.05) is 40.6 Å². The van der Waals surface area contributed by atoms with Crippen LogP contribution in [-0.4, -0.2) is 58.6 Å². The molecule has 0 spiro atoms. The van der Waals surface area contributed by atoms with Gasteiger partial charge in [-0.25, -0.2) is 0 Å². The first-order chi connectivity index (χ1) is 15.6. The number of nitrogens with zero attached hydrogens (tertiary/aromatic N) is 4. The number of hydrogen-bond acceptors (Lipinski definition) is 6. The van der Waals surface area contributed by atoms with E-state index in [1.165, 1.54) is 0 Å². The van der Waals surface area contributed by atoms with Crippen LogP contribution in [0.15, 0.2) is 40.2 Å². The highest BCUT2D eigenvalue weighted by Crippen LogP contribution is 2.49. The fourth-order valence-electron chi connectivity index (χ4n) is 4.32. The molecule has 6 nitrogen and oxygen atoms in total. The molecule has 0 unspecified atom stereocenters. The summed E-state index contributed by atoms with van der Waals surface area (Å²) in [5.41, 5.74) is 1.11. The molecule has 9 heteroatoms. The summed E-state index contributed by atoms with van der Waals surface area (Å²) in [6.07, 6.45) is 2.63. The van der Waals surface area contributed by atoms with E-state index in [2.05, 4.69) is 15.0 Å². The van der Waals surface area contributed by atoms with E-state index in [0.717, 1.165) is 62.4 Å². The van der Waals surface area contributed by atoms with Crippen molar-refractivity contribution < 1.29 is 9.32 Å². The molecule has 1 aliphatic carbocycles. The number of aryl methyl sites for hydroxylation is 1. The number of benzene rings is 1. The van der Waals surface area contributed by atoms with Gasteiger partial charge in [-0.3, -0.25) is 9.69 Å². The lowest BCUT2D eigenvalue weighted by Crippen LogP contribution is -2.49. The normalized spacial score (nSPS) is 21.1. The standard InChI is InChI=1S/C23H24Cl2N4O2S/c24-18-6-5-15(13-19(18)25)16-14-17(16)23(30)29-10-8-28(9-11-29)7-1-4-21-26-22(27-31-21)20-3-2-12-32-20/h2-3,5-6,12-13,16-17H,1,4,7-11,14H2/t16-,17+/m0/s1. The largest absolute Gasteiger partial charge is 0.340 e. The van der Waals surface area contributed by atoms with Gasteiger partial charge >= 0.3 is 0 Å². The van der Waals surface area contributed by atoms with Gasteiger partial charge in [0.15, 0.2) is 0 Å². The lowest BCUT2D eigenvalue weighted by atomic mass is 10.1. The second-order valence-electron chi connectivity index (χ2n) is 8.38. The van der Waals surface area contributed by atoms with Crippen LogP contribution in [-0.2, 0) is 11.2 Å². The molecule has 1 aromatic carbocycles. The van der Waals surface area contributed by atoms with Crippen LogP contribution < -0.4 is 0 Å². The summed E-state index contributed by atoms with van der Waals surface area (Å²) in [5.74, 6) is 1.97. The Morgan fingerprint density at radius 3 is 2.75 bits per heavy atom. The molecular weight excluding hydrogens is 467 g/mol. The van der Waals surface area contributed by atoms with Gasteiger partial charge in [0.2, 0.25) is 17.6 Å². The lowest BCUT2D eigenvalue weighted by Gasteiger charge is -2.35. The van der Waals surface area contributed by atoms with Crippen LogP contribution in [0.3, 0.4) is 0 Å². The Bertz CT molecular complexity index is 1080. The third-order valence-electron chi connectivity index (χ3n) is 6.24. The maximum Gasteiger partial charge on any atom is 0.227 e. The van der Waals surface area contributed by atoms with Gasteiger partial charge in [0.25, 0.3) is 0 Å². The molecule has 0 bridgehead atoms. The summed E-state index contributed by atoms with van der Waals surface area (Å²) in [6, 6.07) is 9.67. The number of amides is 1. The fraction of sp³-hybridized carbons (Fsp3) is 0.435. The van der Waals surface area contributed by atoms with Crippen molar-refractivity contribution in [2.45, 2.75) is 25.2 Å². The Kier molecular flexibility index (Phi) is 6.51. The topological polar surface area (TPSA) is 62.5 Å². The van der Waals surface area contributed by atoms with E-state index in [-0.39, 0.29) is 17.7 Å². The smallest absolute Gasteiger partial charge is 0.227 e. The van der Waals surface area contributed by atoms with Gasteiger partial charge in [-0.05, 0) is 54.4 Å². The van der Waals surface area contributed by atoms with Crippen molar-refractivity contribution in [2.75, 3.05) is 32.7 Å². The molecule has 32 heavy (non-hydrogen) atoms. The predicted octanol–water partition coefficient (Wildman–Crippen LogP) is 4.99. The Balaban J connectivity index is 1.04. The van der Waals surface area contributed by atoms with Crippen LogP contribution in [0, 0.1) is 5.92 Å². The average Bonchev–Trinajstić information content (AvgIpc) is 3.18. The predicted molar refractivity (Wildman–Crippen MR) is 126 cm³/mol. The van der Waals surface area contributed by atoms with E-state index in [0.29, 0.717) is 21.8 Å². The van der Waals surface area contributed by atoms with E-state index in [4.69, 9.17) is 27.7 Å². The van der Waals surface area contributed by atoms with E-state index in [9.17, 15) is 4.79 Å². The summed E-state index contributed by atoms with van der Waals surface area (Å²) in [4.78, 5) is 22.9. The molecular formula is C23H24Cl2N4O2S. The molecule has 3 aromatic rings. The Morgan fingerprint density at radius 2 is 2.00 bits per heavy atom. The first kappa shape index (κ1) is 21.9. The molecule has 2 atom stereocenters. The SMILES string of the molecule is O=C([C@@H]1C[C@H]1c1ccc(Cl)c(Cl)c1)N1CCN(CCCc2nc(-c3cccs3)no2)CC1. The van der Waals surface area contributed by atoms with Crippen LogP contribution in [0.5, 0.6) is 0 Å². The molecule has 0 radical (unpaired) electrons. The summed E-state index contributed by atoms with van der Waals surface area (Å²) in [5, 5.41) is 7.18. The van der Waals surface area contributed by atoms with Crippen molar-refractivity contribution >= 4 is 40.4 Å². The van der Waals surface area contributed by atoms with E-state index < -0.39 is 0 Å². The quantitative estimate of drug-likeness (QED) is 0.466. The third kappa shape index (κ3) is 4.86. The van der Waals surface area contributed by atoms with Gasteiger partial charge < -0.3 is 9.42 Å². The van der Waals surface area contributed by atoms with Gasteiger partial charge in [-0.15, -0.1) is 11.3 Å². The highest BCUT2D eigenvalue weighted by molar-refractivity contribution is 7.13. The van der Waals surface area contributed by atoms with E-state index >= 15 is 0 Å². The summed E-state index contributed by atoms with van der Waals surface area (Å²) in [7, 11) is 0. The van der Waals surface area contributed by atoms with Gasteiger partial charge in [-0.2, -0.15) is 4.98 Å². The fourth-order valence-corrected chi connectivity index (χ4v) is 5.28. The molecule has 2 aromatic heterocycles. The molecule has 1 aliphatic heterocycles. The zero-order chi connectivity index (χ0) is 22.1. The highest BCUT2D eigenvalue weighted by Gasteiger charge is 2.46. The van der Waals surface area contributed by atoms with Gasteiger partial charge in [-0.1, -0.05) is 40.5 Å². The second kappa shape index (κ2) is 9.51. The number of carbonyl (C=O) groups is 1. The number of halogens is 2. The number of rotatable bonds is 7. The molecule has 2 fully saturated rings. The highest BCUT2D eigenvalue weighted by atomic mass is 35.5. The average molecular weight is 491 g/mol. The molecule has 1 amide bonds. The third-order valence-corrected chi connectivity index (χ3v) is 7.84. The monoisotopic (exact) mass is 490 g/mol. The van der Waals surface area contributed by atoms with Crippen molar-refractivity contribution in [3.05, 3.63) is 57.2 Å². The van der Waals surface area contributed by atoms with E-state index in [1.54, 1.807) is 11.3 Å². The first-order valence-corrected chi connectivity index (χ1v) is 12.5. The van der Waals surface area contributed by atoms with Crippen LogP contribution in [0.4, 0.5) is 0 Å². The van der Waals surface area contributed by atoms with Crippen molar-refractivity contribution in [1.82, 2.24) is 19.9 Å². The lowest BCUT2D eigenvalue weighted by molar-refractivity contribution is -0.134. The molecule has 1 saturated heterocycles. The van der Waals surface area contributed by atoms with Crippen LogP contribution in [0.25, 0.3) is 10.7 Å². The number of aromatic nitrogens is 2. The number of thiophene rings is 1. The summed E-state index contributed by atoms with van der Waals surface area (Å²) in [6.45, 7) is 4.34. The number of carbonyl (C=O) groups excluding carboxylic acids is 1. The Hall–Kier alpha value is -1.93.